The van der Waals surface area contributed by atoms with Crippen LogP contribution in [0.4, 0.5) is 5.69 Å². The van der Waals surface area contributed by atoms with Crippen LogP contribution in [0, 0.1) is 6.92 Å². The molecular formula is C11H15N3O2. The molecule has 2 rings (SSSR count). The Bertz CT molecular complexity index is 358. The number of rotatable bonds is 2. The number of anilines is 1. The maximum atomic E-state index is 11.8. The SMILES string of the molecule is Cc1ccc(NC(=O)C2COCCN2)cn1. The lowest BCUT2D eigenvalue weighted by Crippen LogP contribution is -2.48. The minimum absolute atomic E-state index is 0.0784. The summed E-state index contributed by atoms with van der Waals surface area (Å²) in [4.78, 5) is 15.9. The summed E-state index contributed by atoms with van der Waals surface area (Å²) in [6.45, 7) is 3.70. The molecule has 5 nitrogen and oxygen atoms in total. The summed E-state index contributed by atoms with van der Waals surface area (Å²) in [6, 6.07) is 3.43. The van der Waals surface area contributed by atoms with Gasteiger partial charge in [-0.15, -0.1) is 0 Å². The van der Waals surface area contributed by atoms with Crippen LogP contribution in [-0.4, -0.2) is 36.7 Å². The standard InChI is InChI=1S/C11H15N3O2/c1-8-2-3-9(6-13-8)14-11(15)10-7-16-5-4-12-10/h2-3,6,10,12H,4-5,7H2,1H3,(H,14,15). The highest BCUT2D eigenvalue weighted by Gasteiger charge is 2.20. The number of amides is 1. The van der Waals surface area contributed by atoms with Crippen molar-refractivity contribution in [1.29, 1.82) is 0 Å². The third-order valence-corrected chi connectivity index (χ3v) is 2.42. The van der Waals surface area contributed by atoms with Crippen LogP contribution < -0.4 is 10.6 Å². The molecule has 0 aromatic carbocycles. The number of nitrogens with one attached hydrogen (secondary N) is 2. The second-order valence-corrected chi connectivity index (χ2v) is 3.76. The predicted octanol–water partition coefficient (Wildman–Crippen LogP) is 0.317. The van der Waals surface area contributed by atoms with Crippen LogP contribution in [-0.2, 0) is 9.53 Å². The van der Waals surface area contributed by atoms with Crippen molar-refractivity contribution in [2.45, 2.75) is 13.0 Å². The lowest BCUT2D eigenvalue weighted by molar-refractivity contribution is -0.120. The number of carbonyl (C=O) groups excluding carboxylic acids is 1. The molecule has 16 heavy (non-hydrogen) atoms. The molecule has 1 aliphatic heterocycles. The topological polar surface area (TPSA) is 63.2 Å². The molecule has 1 aromatic rings. The molecule has 0 radical (unpaired) electrons. The largest absolute Gasteiger partial charge is 0.378 e. The number of nitrogens with zero attached hydrogens (tertiary/aromatic N) is 1. The number of hydrogen-bond acceptors (Lipinski definition) is 4. The highest BCUT2D eigenvalue weighted by atomic mass is 16.5. The van der Waals surface area contributed by atoms with Gasteiger partial charge < -0.3 is 15.4 Å². The number of aryl methyl sites for hydroxylation is 1. The van der Waals surface area contributed by atoms with E-state index in [-0.39, 0.29) is 11.9 Å². The van der Waals surface area contributed by atoms with E-state index in [1.54, 1.807) is 6.20 Å². The molecule has 1 atom stereocenters. The zero-order chi connectivity index (χ0) is 11.4. The third-order valence-electron chi connectivity index (χ3n) is 2.42. The van der Waals surface area contributed by atoms with Crippen LogP contribution in [0.15, 0.2) is 18.3 Å². The van der Waals surface area contributed by atoms with E-state index in [9.17, 15) is 4.79 Å². The summed E-state index contributed by atoms with van der Waals surface area (Å²) in [7, 11) is 0. The molecule has 1 aromatic heterocycles. The van der Waals surface area contributed by atoms with Crippen molar-refractivity contribution in [3.05, 3.63) is 24.0 Å². The molecule has 1 unspecified atom stereocenters. The van der Waals surface area contributed by atoms with E-state index >= 15 is 0 Å². The van der Waals surface area contributed by atoms with Gasteiger partial charge in [0.25, 0.3) is 0 Å². The number of aromatic nitrogens is 1. The molecule has 0 aliphatic carbocycles. The van der Waals surface area contributed by atoms with E-state index in [4.69, 9.17) is 4.74 Å². The Morgan fingerprint density at radius 2 is 2.50 bits per heavy atom. The number of pyridine rings is 1. The van der Waals surface area contributed by atoms with Crippen LogP contribution in [0.1, 0.15) is 5.69 Å². The minimum Gasteiger partial charge on any atom is -0.378 e. The van der Waals surface area contributed by atoms with E-state index in [1.165, 1.54) is 0 Å². The summed E-state index contributed by atoms with van der Waals surface area (Å²) in [5, 5.41) is 5.89. The molecule has 86 valence electrons. The Labute approximate surface area is 94.2 Å². The van der Waals surface area contributed by atoms with Crippen LogP contribution in [0.3, 0.4) is 0 Å². The van der Waals surface area contributed by atoms with Gasteiger partial charge in [0.05, 0.1) is 25.1 Å². The van der Waals surface area contributed by atoms with Gasteiger partial charge in [0.15, 0.2) is 0 Å². The van der Waals surface area contributed by atoms with Crippen molar-refractivity contribution in [3.63, 3.8) is 0 Å². The van der Waals surface area contributed by atoms with Crippen molar-refractivity contribution in [2.24, 2.45) is 0 Å². The number of carbonyl (C=O) groups is 1. The van der Waals surface area contributed by atoms with Crippen LogP contribution in [0.2, 0.25) is 0 Å². The van der Waals surface area contributed by atoms with Gasteiger partial charge in [0, 0.05) is 12.2 Å². The minimum atomic E-state index is -0.268. The van der Waals surface area contributed by atoms with Crippen molar-refractivity contribution >= 4 is 11.6 Å². The smallest absolute Gasteiger partial charge is 0.243 e. The first kappa shape index (κ1) is 11.0. The maximum absolute atomic E-state index is 11.8. The third kappa shape index (κ3) is 2.77. The Kier molecular flexibility index (Phi) is 3.48. The summed E-state index contributed by atoms with van der Waals surface area (Å²) in [5.41, 5.74) is 1.64. The summed E-state index contributed by atoms with van der Waals surface area (Å²) in [6.07, 6.45) is 1.65. The first-order chi connectivity index (χ1) is 7.75. The van der Waals surface area contributed by atoms with Gasteiger partial charge in [-0.25, -0.2) is 0 Å². The summed E-state index contributed by atoms with van der Waals surface area (Å²) >= 11 is 0. The van der Waals surface area contributed by atoms with E-state index in [1.807, 2.05) is 19.1 Å². The fraction of sp³-hybridized carbons (Fsp3) is 0.455. The fourth-order valence-electron chi connectivity index (χ4n) is 1.50. The van der Waals surface area contributed by atoms with Crippen molar-refractivity contribution in [3.8, 4) is 0 Å². The average molecular weight is 221 g/mol. The second kappa shape index (κ2) is 5.05. The summed E-state index contributed by atoms with van der Waals surface area (Å²) in [5.74, 6) is -0.0784. The van der Waals surface area contributed by atoms with Crippen molar-refractivity contribution in [1.82, 2.24) is 10.3 Å². The van der Waals surface area contributed by atoms with Gasteiger partial charge in [-0.05, 0) is 19.1 Å². The Morgan fingerprint density at radius 3 is 3.12 bits per heavy atom. The van der Waals surface area contributed by atoms with Gasteiger partial charge in [-0.1, -0.05) is 0 Å². The molecule has 0 spiro atoms. The molecule has 1 aliphatic rings. The number of morpholine rings is 1. The molecular weight excluding hydrogens is 206 g/mol. The molecule has 2 N–H and O–H groups in total. The molecule has 1 fully saturated rings. The fourth-order valence-corrected chi connectivity index (χ4v) is 1.50. The van der Waals surface area contributed by atoms with E-state index in [0.29, 0.717) is 25.4 Å². The van der Waals surface area contributed by atoms with Gasteiger partial charge in [-0.3, -0.25) is 9.78 Å². The molecule has 1 amide bonds. The molecule has 0 saturated carbocycles. The van der Waals surface area contributed by atoms with Crippen LogP contribution >= 0.6 is 0 Å². The highest BCUT2D eigenvalue weighted by molar-refractivity contribution is 5.94. The van der Waals surface area contributed by atoms with Gasteiger partial charge in [-0.2, -0.15) is 0 Å². The van der Waals surface area contributed by atoms with Crippen molar-refractivity contribution < 1.29 is 9.53 Å². The molecule has 5 heteroatoms. The van der Waals surface area contributed by atoms with Gasteiger partial charge in [0.2, 0.25) is 5.91 Å². The maximum Gasteiger partial charge on any atom is 0.243 e. The normalized spacial score (nSPS) is 20.4. The molecule has 2 heterocycles. The highest BCUT2D eigenvalue weighted by Crippen LogP contribution is 2.06. The van der Waals surface area contributed by atoms with Gasteiger partial charge >= 0.3 is 0 Å². The Morgan fingerprint density at radius 1 is 1.62 bits per heavy atom. The lowest BCUT2D eigenvalue weighted by atomic mass is 10.2. The zero-order valence-electron chi connectivity index (χ0n) is 9.19. The average Bonchev–Trinajstić information content (AvgIpc) is 2.33. The zero-order valence-corrected chi connectivity index (χ0v) is 9.19. The predicted molar refractivity (Wildman–Crippen MR) is 60.2 cm³/mol. The quantitative estimate of drug-likeness (QED) is 0.754. The Hall–Kier alpha value is -1.46. The molecule has 0 bridgehead atoms. The first-order valence-corrected chi connectivity index (χ1v) is 5.30. The van der Waals surface area contributed by atoms with Crippen LogP contribution in [0.5, 0.6) is 0 Å². The van der Waals surface area contributed by atoms with E-state index in [2.05, 4.69) is 15.6 Å². The van der Waals surface area contributed by atoms with E-state index < -0.39 is 0 Å². The number of ether oxygens (including phenoxy) is 1. The molecule has 1 saturated heterocycles. The van der Waals surface area contributed by atoms with E-state index in [0.717, 1.165) is 5.69 Å². The van der Waals surface area contributed by atoms with Gasteiger partial charge in [0.1, 0.15) is 6.04 Å². The second-order valence-electron chi connectivity index (χ2n) is 3.76. The summed E-state index contributed by atoms with van der Waals surface area (Å²) < 4.78 is 5.22. The monoisotopic (exact) mass is 221 g/mol. The Balaban J connectivity index is 1.93. The van der Waals surface area contributed by atoms with Crippen molar-refractivity contribution in [2.75, 3.05) is 25.1 Å². The number of hydrogen-bond donors (Lipinski definition) is 2. The van der Waals surface area contributed by atoms with Crippen LogP contribution in [0.25, 0.3) is 0 Å². The lowest BCUT2D eigenvalue weighted by Gasteiger charge is -2.22. The first-order valence-electron chi connectivity index (χ1n) is 5.30.